The summed E-state index contributed by atoms with van der Waals surface area (Å²) in [6.45, 7) is 2.55. The maximum Gasteiger partial charge on any atom is 0.136 e. The van der Waals surface area contributed by atoms with Crippen LogP contribution in [0, 0.1) is 0 Å². The van der Waals surface area contributed by atoms with Gasteiger partial charge in [-0.15, -0.1) is 0 Å². The van der Waals surface area contributed by atoms with E-state index < -0.39 is 0 Å². The van der Waals surface area contributed by atoms with Crippen molar-refractivity contribution in [2.24, 2.45) is 0 Å². The average molecular weight is 314 g/mol. The van der Waals surface area contributed by atoms with Gasteiger partial charge in [0.05, 0.1) is 31.7 Å². The lowest BCUT2D eigenvalue weighted by Gasteiger charge is -2.05. The summed E-state index contributed by atoms with van der Waals surface area (Å²) >= 11 is 3.45. The predicted octanol–water partition coefficient (Wildman–Crippen LogP) is 1.20. The van der Waals surface area contributed by atoms with Gasteiger partial charge in [-0.3, -0.25) is 0 Å². The SMILES string of the molecule is OCCOCCNCc1cnc2ccc(Br)cn12. The van der Waals surface area contributed by atoms with Crippen molar-refractivity contribution >= 4 is 21.6 Å². The number of aliphatic hydroxyl groups excluding tert-OH is 1. The summed E-state index contributed by atoms with van der Waals surface area (Å²) < 4.78 is 8.24. The van der Waals surface area contributed by atoms with Crippen molar-refractivity contribution < 1.29 is 9.84 Å². The van der Waals surface area contributed by atoms with Gasteiger partial charge in [-0.1, -0.05) is 0 Å². The maximum atomic E-state index is 8.56. The van der Waals surface area contributed by atoms with Gasteiger partial charge in [0.2, 0.25) is 0 Å². The molecule has 0 saturated heterocycles. The highest BCUT2D eigenvalue weighted by Gasteiger charge is 2.02. The number of nitrogens with one attached hydrogen (secondary N) is 1. The van der Waals surface area contributed by atoms with E-state index in [2.05, 4.69) is 26.2 Å². The fourth-order valence-corrected chi connectivity index (χ4v) is 2.00. The van der Waals surface area contributed by atoms with E-state index in [1.807, 2.05) is 28.9 Å². The number of rotatable bonds is 7. The minimum atomic E-state index is 0.0707. The van der Waals surface area contributed by atoms with Crippen LogP contribution in [0.2, 0.25) is 0 Å². The van der Waals surface area contributed by atoms with Crippen LogP contribution < -0.4 is 5.32 Å². The molecule has 2 aromatic rings. The molecule has 6 heteroatoms. The van der Waals surface area contributed by atoms with Crippen molar-refractivity contribution in [1.29, 1.82) is 0 Å². The molecule has 0 aliphatic rings. The van der Waals surface area contributed by atoms with Gasteiger partial charge in [0, 0.05) is 23.8 Å². The summed E-state index contributed by atoms with van der Waals surface area (Å²) in [5.41, 5.74) is 2.04. The number of aliphatic hydroxyl groups is 1. The molecule has 98 valence electrons. The van der Waals surface area contributed by atoms with Gasteiger partial charge in [0.1, 0.15) is 5.65 Å². The Balaban J connectivity index is 1.86. The molecule has 0 spiro atoms. The van der Waals surface area contributed by atoms with Crippen molar-refractivity contribution in [2.75, 3.05) is 26.4 Å². The highest BCUT2D eigenvalue weighted by atomic mass is 79.9. The number of ether oxygens (including phenoxy) is 1. The summed E-state index contributed by atoms with van der Waals surface area (Å²) in [6, 6.07) is 3.94. The van der Waals surface area contributed by atoms with Gasteiger partial charge in [-0.25, -0.2) is 4.98 Å². The number of aromatic nitrogens is 2. The van der Waals surface area contributed by atoms with Crippen LogP contribution in [0.5, 0.6) is 0 Å². The highest BCUT2D eigenvalue weighted by molar-refractivity contribution is 9.10. The van der Waals surface area contributed by atoms with Crippen LogP contribution in [0.3, 0.4) is 0 Å². The molecule has 2 aromatic heterocycles. The first-order chi connectivity index (χ1) is 8.81. The summed E-state index contributed by atoms with van der Waals surface area (Å²) in [5.74, 6) is 0. The molecular formula is C12H16BrN3O2. The highest BCUT2D eigenvalue weighted by Crippen LogP contribution is 2.13. The zero-order valence-corrected chi connectivity index (χ0v) is 11.6. The molecule has 2 heterocycles. The maximum absolute atomic E-state index is 8.56. The molecule has 0 aromatic carbocycles. The van der Waals surface area contributed by atoms with Gasteiger partial charge in [-0.2, -0.15) is 0 Å². The van der Waals surface area contributed by atoms with Gasteiger partial charge in [-0.05, 0) is 28.1 Å². The molecule has 0 bridgehead atoms. The summed E-state index contributed by atoms with van der Waals surface area (Å²) in [5, 5.41) is 11.8. The summed E-state index contributed by atoms with van der Waals surface area (Å²) in [6.07, 6.45) is 3.87. The molecule has 0 fully saturated rings. The van der Waals surface area contributed by atoms with Crippen molar-refractivity contribution in [1.82, 2.24) is 14.7 Å². The molecule has 5 nitrogen and oxygen atoms in total. The number of fused-ring (bicyclic) bond motifs is 1. The molecule has 0 amide bonds. The molecule has 18 heavy (non-hydrogen) atoms. The van der Waals surface area contributed by atoms with Crippen LogP contribution in [0.15, 0.2) is 29.0 Å². The molecule has 0 saturated carbocycles. The first kappa shape index (κ1) is 13.5. The molecule has 0 unspecified atom stereocenters. The molecule has 2 rings (SSSR count). The quantitative estimate of drug-likeness (QED) is 0.754. The standard InChI is InChI=1S/C12H16BrN3O2/c13-10-1-2-12-15-8-11(16(12)9-10)7-14-3-5-18-6-4-17/h1-2,8-9,14,17H,3-7H2. The topological polar surface area (TPSA) is 58.8 Å². The lowest BCUT2D eigenvalue weighted by Crippen LogP contribution is -2.20. The van der Waals surface area contributed by atoms with Gasteiger partial charge >= 0.3 is 0 Å². The predicted molar refractivity (Wildman–Crippen MR) is 72.5 cm³/mol. The Morgan fingerprint density at radius 2 is 2.28 bits per heavy atom. The molecule has 0 atom stereocenters. The number of pyridine rings is 1. The molecule has 0 aliphatic carbocycles. The Morgan fingerprint density at radius 1 is 1.39 bits per heavy atom. The lowest BCUT2D eigenvalue weighted by atomic mass is 10.4. The Kier molecular flexibility index (Phi) is 5.12. The zero-order chi connectivity index (χ0) is 12.8. The monoisotopic (exact) mass is 313 g/mol. The van der Waals surface area contributed by atoms with Gasteiger partial charge in [0.25, 0.3) is 0 Å². The third-order valence-electron chi connectivity index (χ3n) is 2.51. The molecule has 2 N–H and O–H groups in total. The Morgan fingerprint density at radius 3 is 3.11 bits per heavy atom. The van der Waals surface area contributed by atoms with Crippen LogP contribution in [0.1, 0.15) is 5.69 Å². The smallest absolute Gasteiger partial charge is 0.136 e. The normalized spacial score (nSPS) is 11.2. The Labute approximate surface area is 114 Å². The van der Waals surface area contributed by atoms with Gasteiger partial charge in [0.15, 0.2) is 0 Å². The summed E-state index contributed by atoms with van der Waals surface area (Å²) in [7, 11) is 0. The van der Waals surface area contributed by atoms with Crippen molar-refractivity contribution in [3.05, 3.63) is 34.7 Å². The van der Waals surface area contributed by atoms with Crippen molar-refractivity contribution in [2.45, 2.75) is 6.54 Å². The van der Waals surface area contributed by atoms with Crippen molar-refractivity contribution in [3.63, 3.8) is 0 Å². The van der Waals surface area contributed by atoms with E-state index >= 15 is 0 Å². The second-order valence-electron chi connectivity index (χ2n) is 3.84. The summed E-state index contributed by atoms with van der Waals surface area (Å²) in [4.78, 5) is 4.33. The van der Waals surface area contributed by atoms with Crippen LogP contribution >= 0.6 is 15.9 Å². The van der Waals surface area contributed by atoms with E-state index in [4.69, 9.17) is 9.84 Å². The van der Waals surface area contributed by atoms with E-state index in [1.54, 1.807) is 0 Å². The lowest BCUT2D eigenvalue weighted by molar-refractivity contribution is 0.0937. The Bertz CT molecular complexity index is 501. The first-order valence-electron chi connectivity index (χ1n) is 5.82. The first-order valence-corrected chi connectivity index (χ1v) is 6.61. The minimum Gasteiger partial charge on any atom is -0.394 e. The molecular weight excluding hydrogens is 298 g/mol. The Hall–Kier alpha value is -0.950. The van der Waals surface area contributed by atoms with E-state index in [0.29, 0.717) is 13.2 Å². The number of nitrogens with zero attached hydrogens (tertiary/aromatic N) is 2. The van der Waals surface area contributed by atoms with Crippen LogP contribution in [0.25, 0.3) is 5.65 Å². The number of imidazole rings is 1. The van der Waals surface area contributed by atoms with Crippen LogP contribution in [-0.4, -0.2) is 40.9 Å². The van der Waals surface area contributed by atoms with E-state index in [9.17, 15) is 0 Å². The van der Waals surface area contributed by atoms with E-state index in [-0.39, 0.29) is 6.61 Å². The van der Waals surface area contributed by atoms with Crippen LogP contribution in [-0.2, 0) is 11.3 Å². The minimum absolute atomic E-state index is 0.0707. The fraction of sp³-hybridized carbons (Fsp3) is 0.417. The largest absolute Gasteiger partial charge is 0.394 e. The third-order valence-corrected chi connectivity index (χ3v) is 2.98. The average Bonchev–Trinajstić information content (AvgIpc) is 2.76. The van der Waals surface area contributed by atoms with E-state index in [1.165, 1.54) is 0 Å². The van der Waals surface area contributed by atoms with Crippen LogP contribution in [0.4, 0.5) is 0 Å². The fourth-order valence-electron chi connectivity index (χ4n) is 1.66. The van der Waals surface area contributed by atoms with Gasteiger partial charge < -0.3 is 19.6 Å². The molecule has 0 aliphatic heterocycles. The van der Waals surface area contributed by atoms with E-state index in [0.717, 1.165) is 28.9 Å². The molecule has 0 radical (unpaired) electrons. The second kappa shape index (κ2) is 6.84. The number of halogens is 1. The van der Waals surface area contributed by atoms with Crippen molar-refractivity contribution in [3.8, 4) is 0 Å². The number of hydrogen-bond donors (Lipinski definition) is 2. The third kappa shape index (κ3) is 3.52. The zero-order valence-electron chi connectivity index (χ0n) is 9.97. The number of hydrogen-bond acceptors (Lipinski definition) is 4. The second-order valence-corrected chi connectivity index (χ2v) is 4.75.